The molecule has 2 aromatic rings. The highest BCUT2D eigenvalue weighted by Gasteiger charge is 2.17. The monoisotopic (exact) mass is 356 g/mol. The molecule has 0 aliphatic carbocycles. The van der Waals surface area contributed by atoms with Gasteiger partial charge < -0.3 is 10.1 Å². The first-order valence-electron chi connectivity index (χ1n) is 8.16. The number of amides is 1. The molecule has 0 spiro atoms. The zero-order valence-electron chi connectivity index (χ0n) is 14.4. The number of carbonyl (C=O) groups excluding carboxylic acids is 2. The SMILES string of the molecule is Cc1ccccc1CCNC(=O)COC(=O)Cc1ccccc1[N+](=O)[O-]. The lowest BCUT2D eigenvalue weighted by molar-refractivity contribution is -0.385. The number of nitrogens with one attached hydrogen (secondary N) is 1. The first-order valence-corrected chi connectivity index (χ1v) is 8.16. The molecule has 0 heterocycles. The second-order valence-electron chi connectivity index (χ2n) is 5.75. The Morgan fingerprint density at radius 3 is 2.42 bits per heavy atom. The maximum absolute atomic E-state index is 11.8. The number of para-hydroxylation sites is 1. The number of esters is 1. The number of nitro groups is 1. The van der Waals surface area contributed by atoms with Gasteiger partial charge in [0.05, 0.1) is 11.3 Å². The lowest BCUT2D eigenvalue weighted by Crippen LogP contribution is -2.30. The summed E-state index contributed by atoms with van der Waals surface area (Å²) in [4.78, 5) is 33.9. The van der Waals surface area contributed by atoms with E-state index in [1.54, 1.807) is 6.07 Å². The molecule has 0 atom stereocenters. The van der Waals surface area contributed by atoms with Crippen LogP contribution in [0.1, 0.15) is 16.7 Å². The van der Waals surface area contributed by atoms with Crippen LogP contribution in [0.3, 0.4) is 0 Å². The topological polar surface area (TPSA) is 98.5 Å². The van der Waals surface area contributed by atoms with Crippen molar-refractivity contribution in [3.8, 4) is 0 Å². The first kappa shape index (κ1) is 19.1. The van der Waals surface area contributed by atoms with E-state index in [4.69, 9.17) is 4.74 Å². The van der Waals surface area contributed by atoms with Crippen LogP contribution in [0, 0.1) is 17.0 Å². The second kappa shape index (κ2) is 9.31. The average molecular weight is 356 g/mol. The van der Waals surface area contributed by atoms with Gasteiger partial charge in [0.1, 0.15) is 0 Å². The molecule has 0 radical (unpaired) electrons. The van der Waals surface area contributed by atoms with Crippen molar-refractivity contribution in [2.75, 3.05) is 13.2 Å². The summed E-state index contributed by atoms with van der Waals surface area (Å²) in [5.74, 6) is -1.09. The van der Waals surface area contributed by atoms with Crippen molar-refractivity contribution in [1.82, 2.24) is 5.32 Å². The molecule has 0 saturated heterocycles. The Labute approximate surface area is 151 Å². The van der Waals surface area contributed by atoms with E-state index < -0.39 is 23.4 Å². The fraction of sp³-hybridized carbons (Fsp3) is 0.263. The molecule has 0 bridgehead atoms. The summed E-state index contributed by atoms with van der Waals surface area (Å²) in [6.07, 6.45) is 0.427. The van der Waals surface area contributed by atoms with Crippen LogP contribution in [0.4, 0.5) is 5.69 Å². The number of hydrogen-bond acceptors (Lipinski definition) is 5. The Morgan fingerprint density at radius 1 is 1.08 bits per heavy atom. The summed E-state index contributed by atoms with van der Waals surface area (Å²) in [5.41, 5.74) is 2.40. The van der Waals surface area contributed by atoms with Crippen molar-refractivity contribution in [1.29, 1.82) is 0 Å². The predicted octanol–water partition coefficient (Wildman–Crippen LogP) is 2.35. The Kier molecular flexibility index (Phi) is 6.84. The second-order valence-corrected chi connectivity index (χ2v) is 5.75. The van der Waals surface area contributed by atoms with Crippen molar-refractivity contribution in [2.45, 2.75) is 19.8 Å². The van der Waals surface area contributed by atoms with Crippen molar-refractivity contribution in [3.05, 3.63) is 75.3 Å². The molecular weight excluding hydrogens is 336 g/mol. The summed E-state index contributed by atoms with van der Waals surface area (Å²) in [5, 5.41) is 13.6. The third kappa shape index (κ3) is 5.70. The normalized spacial score (nSPS) is 10.2. The molecule has 7 heteroatoms. The smallest absolute Gasteiger partial charge is 0.311 e. The van der Waals surface area contributed by atoms with Gasteiger partial charge in [-0.2, -0.15) is 0 Å². The highest BCUT2D eigenvalue weighted by atomic mass is 16.6. The van der Waals surface area contributed by atoms with Crippen molar-refractivity contribution in [2.24, 2.45) is 0 Å². The lowest BCUT2D eigenvalue weighted by atomic mass is 10.1. The molecule has 1 N–H and O–H groups in total. The molecule has 0 fully saturated rings. The van der Waals surface area contributed by atoms with Gasteiger partial charge in [-0.15, -0.1) is 0 Å². The zero-order chi connectivity index (χ0) is 18.9. The van der Waals surface area contributed by atoms with Crippen LogP contribution < -0.4 is 5.32 Å². The fourth-order valence-electron chi connectivity index (χ4n) is 2.47. The van der Waals surface area contributed by atoms with Gasteiger partial charge in [0.15, 0.2) is 6.61 Å². The minimum atomic E-state index is -0.687. The molecule has 26 heavy (non-hydrogen) atoms. The van der Waals surface area contributed by atoms with Crippen LogP contribution in [0.2, 0.25) is 0 Å². The van der Waals surface area contributed by atoms with Crippen LogP contribution in [-0.2, 0) is 27.2 Å². The van der Waals surface area contributed by atoms with E-state index >= 15 is 0 Å². The van der Waals surface area contributed by atoms with Crippen LogP contribution in [0.5, 0.6) is 0 Å². The third-order valence-electron chi connectivity index (χ3n) is 3.87. The van der Waals surface area contributed by atoms with Gasteiger partial charge in [-0.3, -0.25) is 19.7 Å². The first-order chi connectivity index (χ1) is 12.5. The predicted molar refractivity (Wildman–Crippen MR) is 95.7 cm³/mol. The van der Waals surface area contributed by atoms with Gasteiger partial charge in [-0.1, -0.05) is 42.5 Å². The van der Waals surface area contributed by atoms with Gasteiger partial charge in [-0.25, -0.2) is 0 Å². The maximum Gasteiger partial charge on any atom is 0.311 e. The summed E-state index contributed by atoms with van der Waals surface area (Å²) in [6.45, 7) is 2.03. The summed E-state index contributed by atoms with van der Waals surface area (Å²) < 4.78 is 4.90. The molecule has 0 aliphatic rings. The maximum atomic E-state index is 11.8. The summed E-state index contributed by atoms with van der Waals surface area (Å²) >= 11 is 0. The number of aryl methyl sites for hydroxylation is 1. The molecule has 0 aromatic heterocycles. The van der Waals surface area contributed by atoms with E-state index in [9.17, 15) is 19.7 Å². The molecule has 136 valence electrons. The summed E-state index contributed by atoms with van der Waals surface area (Å²) in [6, 6.07) is 13.8. The van der Waals surface area contributed by atoms with Crippen molar-refractivity contribution in [3.63, 3.8) is 0 Å². The Balaban J connectivity index is 1.74. The van der Waals surface area contributed by atoms with E-state index in [-0.39, 0.29) is 17.7 Å². The van der Waals surface area contributed by atoms with Gasteiger partial charge >= 0.3 is 5.97 Å². The molecule has 0 aliphatic heterocycles. The minimum absolute atomic E-state index is 0.146. The molecule has 1 amide bonds. The van der Waals surface area contributed by atoms with Crippen LogP contribution in [0.15, 0.2) is 48.5 Å². The quantitative estimate of drug-likeness (QED) is 0.445. The third-order valence-corrected chi connectivity index (χ3v) is 3.87. The van der Waals surface area contributed by atoms with Crippen LogP contribution in [-0.4, -0.2) is 30.0 Å². The largest absolute Gasteiger partial charge is 0.455 e. The highest BCUT2D eigenvalue weighted by molar-refractivity contribution is 5.81. The number of carbonyl (C=O) groups is 2. The molecule has 2 aromatic carbocycles. The zero-order valence-corrected chi connectivity index (χ0v) is 14.4. The highest BCUT2D eigenvalue weighted by Crippen LogP contribution is 2.18. The number of nitro benzene ring substituents is 1. The molecule has 7 nitrogen and oxygen atoms in total. The molecule has 2 rings (SSSR count). The number of benzene rings is 2. The van der Waals surface area contributed by atoms with Gasteiger partial charge in [-0.05, 0) is 24.5 Å². The molecular formula is C19H20N2O5. The Bertz CT molecular complexity index is 804. The van der Waals surface area contributed by atoms with E-state index in [0.29, 0.717) is 13.0 Å². The van der Waals surface area contributed by atoms with Gasteiger partial charge in [0, 0.05) is 18.2 Å². The Hall–Kier alpha value is -3.22. The number of hydrogen-bond donors (Lipinski definition) is 1. The van der Waals surface area contributed by atoms with Crippen LogP contribution >= 0.6 is 0 Å². The molecule has 0 unspecified atom stereocenters. The van der Waals surface area contributed by atoms with E-state index in [0.717, 1.165) is 11.1 Å². The van der Waals surface area contributed by atoms with Gasteiger partial charge in [0.25, 0.3) is 11.6 Å². The summed E-state index contributed by atoms with van der Waals surface area (Å²) in [7, 11) is 0. The van der Waals surface area contributed by atoms with Crippen molar-refractivity contribution >= 4 is 17.6 Å². The fourth-order valence-corrected chi connectivity index (χ4v) is 2.47. The van der Waals surface area contributed by atoms with E-state index in [2.05, 4.69) is 5.32 Å². The Morgan fingerprint density at radius 2 is 1.73 bits per heavy atom. The number of rotatable bonds is 8. The number of ether oxygens (including phenoxy) is 1. The van der Waals surface area contributed by atoms with Crippen LogP contribution in [0.25, 0.3) is 0 Å². The lowest BCUT2D eigenvalue weighted by Gasteiger charge is -2.08. The standard InChI is InChI=1S/C19H20N2O5/c1-14-6-2-3-7-15(14)10-11-20-18(22)13-26-19(23)12-16-8-4-5-9-17(16)21(24)25/h2-9H,10-13H2,1H3,(H,20,22). The van der Waals surface area contributed by atoms with Crippen molar-refractivity contribution < 1.29 is 19.2 Å². The van der Waals surface area contributed by atoms with Gasteiger partial charge in [0.2, 0.25) is 0 Å². The van der Waals surface area contributed by atoms with E-state index in [1.165, 1.54) is 18.2 Å². The number of nitrogens with zero attached hydrogens (tertiary/aromatic N) is 1. The van der Waals surface area contributed by atoms with E-state index in [1.807, 2.05) is 31.2 Å². The average Bonchev–Trinajstić information content (AvgIpc) is 2.62. The molecule has 0 saturated carbocycles. The minimum Gasteiger partial charge on any atom is -0.455 e.